The van der Waals surface area contributed by atoms with Crippen LogP contribution in [0.15, 0.2) is 11.6 Å². The molecule has 0 spiro atoms. The second-order valence-corrected chi connectivity index (χ2v) is 14.3. The molecule has 0 bridgehead atoms. The van der Waals surface area contributed by atoms with Gasteiger partial charge in [-0.25, -0.2) is 0 Å². The Kier molecular flexibility index (Phi) is 5.31. The van der Waals surface area contributed by atoms with Crippen molar-refractivity contribution in [1.82, 2.24) is 0 Å². The lowest BCUT2D eigenvalue weighted by Gasteiger charge is -2.71. The molecule has 5 aliphatic rings. The molecule has 5 rings (SSSR count). The van der Waals surface area contributed by atoms with Crippen molar-refractivity contribution in [2.24, 2.45) is 51.2 Å². The lowest BCUT2D eigenvalue weighted by atomic mass is 9.34. The van der Waals surface area contributed by atoms with Gasteiger partial charge in [0.05, 0.1) is 6.10 Å². The van der Waals surface area contributed by atoms with Crippen molar-refractivity contribution in [2.75, 3.05) is 0 Å². The van der Waals surface area contributed by atoms with Crippen molar-refractivity contribution >= 4 is 6.47 Å². The highest BCUT2D eigenvalue weighted by Gasteiger charge is 2.69. The first-order chi connectivity index (χ1) is 15.4. The largest absolute Gasteiger partial charge is 0.461 e. The molecule has 5 aliphatic carbocycles. The fourth-order valence-corrected chi connectivity index (χ4v) is 10.7. The van der Waals surface area contributed by atoms with Crippen LogP contribution < -0.4 is 0 Å². The molecule has 0 aromatic carbocycles. The van der Waals surface area contributed by atoms with Gasteiger partial charge in [0.25, 0.3) is 6.47 Å². The molecule has 33 heavy (non-hydrogen) atoms. The van der Waals surface area contributed by atoms with Crippen molar-refractivity contribution in [3.63, 3.8) is 0 Å². The van der Waals surface area contributed by atoms with E-state index in [1.165, 1.54) is 12.8 Å². The first-order valence-electron chi connectivity index (χ1n) is 13.9. The van der Waals surface area contributed by atoms with E-state index in [0.717, 1.165) is 51.4 Å². The van der Waals surface area contributed by atoms with E-state index in [-0.39, 0.29) is 33.4 Å². The molecule has 0 unspecified atom stereocenters. The molecule has 4 saturated carbocycles. The van der Waals surface area contributed by atoms with Gasteiger partial charge in [0.15, 0.2) is 0 Å². The predicted octanol–water partition coefficient (Wildman–Crippen LogP) is 6.93. The Balaban J connectivity index is 1.60. The molecule has 0 radical (unpaired) electrons. The fourth-order valence-electron chi connectivity index (χ4n) is 10.7. The molecular weight excluding hydrogens is 408 g/mol. The molecule has 0 heterocycles. The predicted molar refractivity (Wildman–Crippen MR) is 132 cm³/mol. The van der Waals surface area contributed by atoms with Crippen LogP contribution in [-0.2, 0) is 9.53 Å². The lowest BCUT2D eigenvalue weighted by molar-refractivity contribution is -0.213. The summed E-state index contributed by atoms with van der Waals surface area (Å²) in [4.78, 5) is 11.7. The Hall–Kier alpha value is -0.830. The third-order valence-corrected chi connectivity index (χ3v) is 13.2. The summed E-state index contributed by atoms with van der Waals surface area (Å²) in [6.45, 7) is 18.0. The van der Waals surface area contributed by atoms with Crippen molar-refractivity contribution in [3.8, 4) is 0 Å². The number of aliphatic hydroxyl groups excluding tert-OH is 1. The number of carbonyl (C=O) groups excluding carboxylic acids is 1. The molecule has 0 aliphatic heterocycles. The van der Waals surface area contributed by atoms with Gasteiger partial charge in [-0.15, -0.1) is 0 Å². The van der Waals surface area contributed by atoms with Crippen molar-refractivity contribution in [1.29, 1.82) is 0 Å². The van der Waals surface area contributed by atoms with Gasteiger partial charge < -0.3 is 9.84 Å². The monoisotopic (exact) mass is 456 g/mol. The summed E-state index contributed by atoms with van der Waals surface area (Å²) in [5.41, 5.74) is 2.03. The summed E-state index contributed by atoms with van der Waals surface area (Å²) in [6.07, 6.45) is 12.5. The minimum Gasteiger partial charge on any atom is -0.461 e. The SMILES string of the molecule is C[C@H]1[C@H](C)CC[C@]2(OC=O)CC[C@]3(C)C(=CC[C@@H]4[C@@]5(C)CC[C@H](O)C(C)(C)[C@@H]5CC[C@]43C)[C@H]12. The third-order valence-electron chi connectivity index (χ3n) is 13.2. The minimum absolute atomic E-state index is 0.00788. The number of ether oxygens (including phenoxy) is 1. The van der Waals surface area contributed by atoms with Gasteiger partial charge in [-0.3, -0.25) is 4.79 Å². The molecule has 0 amide bonds. The van der Waals surface area contributed by atoms with E-state index in [1.54, 1.807) is 5.57 Å². The average Bonchev–Trinajstić information content (AvgIpc) is 2.75. The quantitative estimate of drug-likeness (QED) is 0.362. The van der Waals surface area contributed by atoms with E-state index in [4.69, 9.17) is 4.74 Å². The summed E-state index contributed by atoms with van der Waals surface area (Å²) in [6, 6.07) is 0. The van der Waals surface area contributed by atoms with Crippen molar-refractivity contribution in [3.05, 3.63) is 11.6 Å². The van der Waals surface area contributed by atoms with Crippen LogP contribution in [0.2, 0.25) is 0 Å². The van der Waals surface area contributed by atoms with Gasteiger partial charge in [-0.05, 0) is 103 Å². The smallest absolute Gasteiger partial charge is 0.293 e. The van der Waals surface area contributed by atoms with E-state index in [2.05, 4.69) is 54.5 Å². The molecule has 3 heteroatoms. The van der Waals surface area contributed by atoms with Gasteiger partial charge in [0.1, 0.15) is 5.60 Å². The van der Waals surface area contributed by atoms with Crippen LogP contribution in [0.25, 0.3) is 0 Å². The molecule has 0 saturated heterocycles. The second kappa shape index (κ2) is 7.34. The zero-order valence-electron chi connectivity index (χ0n) is 22.2. The summed E-state index contributed by atoms with van der Waals surface area (Å²) >= 11 is 0. The number of allylic oxidation sites excluding steroid dienone is 1. The van der Waals surface area contributed by atoms with Gasteiger partial charge >= 0.3 is 0 Å². The summed E-state index contributed by atoms with van der Waals surface area (Å²) in [7, 11) is 0. The normalized spacial score (nSPS) is 55.2. The van der Waals surface area contributed by atoms with Crippen LogP contribution in [0.5, 0.6) is 0 Å². The van der Waals surface area contributed by atoms with E-state index in [1.807, 2.05) is 0 Å². The van der Waals surface area contributed by atoms with Gasteiger partial charge in [0.2, 0.25) is 0 Å². The first-order valence-corrected chi connectivity index (χ1v) is 13.9. The summed E-state index contributed by atoms with van der Waals surface area (Å²) in [5, 5.41) is 10.9. The van der Waals surface area contributed by atoms with E-state index in [9.17, 15) is 9.90 Å². The first kappa shape index (κ1) is 23.9. The standard InChI is InChI=1S/C30H48O3/c1-19-10-15-30(33-18-31)17-16-28(6)21(25(30)20(19)2)8-9-23-27(5)13-12-24(32)26(3,4)22(27)11-14-29(23,28)7/h8,18-20,22-25,32H,9-17H2,1-7H3/t19-,20+,22+,23-,24+,25+,27+,28-,29-,30+/m1/s1. The minimum atomic E-state index is -0.291. The lowest BCUT2D eigenvalue weighted by Crippen LogP contribution is -2.66. The highest BCUT2D eigenvalue weighted by Crippen LogP contribution is 2.75. The Morgan fingerprint density at radius 2 is 1.67 bits per heavy atom. The van der Waals surface area contributed by atoms with Crippen LogP contribution >= 0.6 is 0 Å². The maximum absolute atomic E-state index is 11.7. The van der Waals surface area contributed by atoms with Crippen LogP contribution in [0.3, 0.4) is 0 Å². The number of hydrogen-bond acceptors (Lipinski definition) is 3. The molecule has 10 atom stereocenters. The van der Waals surface area contributed by atoms with Crippen LogP contribution in [0, 0.1) is 51.2 Å². The Morgan fingerprint density at radius 3 is 2.36 bits per heavy atom. The number of aliphatic hydroxyl groups is 1. The molecule has 0 aromatic rings. The Bertz CT molecular complexity index is 845. The zero-order chi connectivity index (χ0) is 24.0. The van der Waals surface area contributed by atoms with Gasteiger partial charge in [0, 0.05) is 5.92 Å². The molecule has 3 nitrogen and oxygen atoms in total. The fraction of sp³-hybridized carbons (Fsp3) is 0.900. The maximum atomic E-state index is 11.7. The van der Waals surface area contributed by atoms with E-state index in [0.29, 0.717) is 29.6 Å². The van der Waals surface area contributed by atoms with Gasteiger partial charge in [-0.1, -0.05) is 60.1 Å². The van der Waals surface area contributed by atoms with Crippen molar-refractivity contribution in [2.45, 2.75) is 118 Å². The third kappa shape index (κ3) is 2.87. The highest BCUT2D eigenvalue weighted by atomic mass is 16.5. The summed E-state index contributed by atoms with van der Waals surface area (Å²) in [5.74, 6) is 2.81. The number of hydrogen-bond donors (Lipinski definition) is 1. The van der Waals surface area contributed by atoms with Crippen LogP contribution in [0.4, 0.5) is 0 Å². The Labute approximate surface area is 202 Å². The number of fused-ring (bicyclic) bond motifs is 7. The van der Waals surface area contributed by atoms with E-state index < -0.39 is 0 Å². The second-order valence-electron chi connectivity index (χ2n) is 14.3. The van der Waals surface area contributed by atoms with E-state index >= 15 is 0 Å². The van der Waals surface area contributed by atoms with Crippen LogP contribution in [0.1, 0.15) is 106 Å². The molecular formula is C30H48O3. The Morgan fingerprint density at radius 1 is 0.939 bits per heavy atom. The number of carbonyl (C=O) groups is 1. The molecule has 0 aromatic heterocycles. The van der Waals surface area contributed by atoms with Crippen molar-refractivity contribution < 1.29 is 14.6 Å². The van der Waals surface area contributed by atoms with Gasteiger partial charge in [-0.2, -0.15) is 0 Å². The zero-order valence-corrected chi connectivity index (χ0v) is 22.2. The average molecular weight is 457 g/mol. The molecule has 4 fully saturated rings. The molecule has 186 valence electrons. The van der Waals surface area contributed by atoms with Crippen LogP contribution in [-0.4, -0.2) is 23.3 Å². The topological polar surface area (TPSA) is 46.5 Å². The highest BCUT2D eigenvalue weighted by molar-refractivity contribution is 5.42. The summed E-state index contributed by atoms with van der Waals surface area (Å²) < 4.78 is 6.05. The maximum Gasteiger partial charge on any atom is 0.293 e. The molecule has 1 N–H and O–H groups in total. The number of rotatable bonds is 2.